The van der Waals surface area contributed by atoms with Gasteiger partial charge in [0.15, 0.2) is 0 Å². The maximum Gasteiger partial charge on any atom is 0.271 e. The van der Waals surface area contributed by atoms with Crippen LogP contribution in [0, 0.1) is 0 Å². The summed E-state index contributed by atoms with van der Waals surface area (Å²) in [6.07, 6.45) is 5.20. The third-order valence-electron chi connectivity index (χ3n) is 6.31. The van der Waals surface area contributed by atoms with E-state index in [1.165, 1.54) is 0 Å². The van der Waals surface area contributed by atoms with Gasteiger partial charge in [0, 0.05) is 5.69 Å². The maximum atomic E-state index is 13.2. The number of β-lactam (4-membered cyclic amide) rings is 1. The number of anilines is 1. The first kappa shape index (κ1) is 24.2. The summed E-state index contributed by atoms with van der Waals surface area (Å²) in [7, 11) is 0. The average molecular weight is 492 g/mol. The van der Waals surface area contributed by atoms with Crippen LogP contribution in [-0.4, -0.2) is 29.8 Å². The summed E-state index contributed by atoms with van der Waals surface area (Å²) in [6, 6.07) is 34.1. The Balaban J connectivity index is 1.23. The van der Waals surface area contributed by atoms with Gasteiger partial charge in [0.1, 0.15) is 23.3 Å². The number of para-hydroxylation sites is 1. The van der Waals surface area contributed by atoms with Crippen LogP contribution in [0.25, 0.3) is 6.08 Å². The minimum absolute atomic E-state index is 0.0749. The summed E-state index contributed by atoms with van der Waals surface area (Å²) < 4.78 is 12.0. The minimum Gasteiger partial charge on any atom is -0.508 e. The van der Waals surface area contributed by atoms with Gasteiger partial charge in [-0.15, -0.1) is 0 Å². The van der Waals surface area contributed by atoms with E-state index >= 15 is 0 Å². The van der Waals surface area contributed by atoms with E-state index in [9.17, 15) is 9.90 Å². The molecule has 0 radical (unpaired) electrons. The third kappa shape index (κ3) is 6.01. The highest BCUT2D eigenvalue weighted by Gasteiger charge is 2.48. The molecule has 5 rings (SSSR count). The fraction of sp³-hybridized carbons (Fsp3) is 0.156. The molecule has 1 fully saturated rings. The van der Waals surface area contributed by atoms with E-state index in [0.29, 0.717) is 12.4 Å². The molecule has 1 aliphatic heterocycles. The number of phenolic OH excluding ortho intramolecular Hbond substituents is 1. The van der Waals surface area contributed by atoms with Gasteiger partial charge in [-0.1, -0.05) is 72.8 Å². The summed E-state index contributed by atoms with van der Waals surface area (Å²) in [5.74, 6) is 1.64. The molecule has 186 valence electrons. The Kier molecular flexibility index (Phi) is 7.51. The molecule has 0 aliphatic carbocycles. The first-order chi connectivity index (χ1) is 18.2. The molecule has 0 unspecified atom stereocenters. The molecule has 2 atom stereocenters. The topological polar surface area (TPSA) is 59.0 Å². The summed E-state index contributed by atoms with van der Waals surface area (Å²) >= 11 is 0. The van der Waals surface area contributed by atoms with E-state index < -0.39 is 6.10 Å². The van der Waals surface area contributed by atoms with Gasteiger partial charge < -0.3 is 14.6 Å². The van der Waals surface area contributed by atoms with Crippen LogP contribution in [0.3, 0.4) is 0 Å². The van der Waals surface area contributed by atoms with Crippen molar-refractivity contribution in [2.24, 2.45) is 0 Å². The standard InChI is InChI=1S/C32H29NO4/c34-27-18-13-25(14-19-27)10-7-23-36-28-20-16-26(17-21-28)33-30(22-15-24-8-3-1-4-9-24)31(32(33)35)37-29-11-5-2-6-12-29/h1-6,8-9,11-22,30-31,34H,7,10,23H2/b22-15+/t30-,31-/m0/s1. The van der Waals surface area contributed by atoms with Crippen LogP contribution in [0.5, 0.6) is 17.2 Å². The number of hydrogen-bond acceptors (Lipinski definition) is 4. The molecule has 0 bridgehead atoms. The van der Waals surface area contributed by atoms with Crippen molar-refractivity contribution in [2.45, 2.75) is 25.0 Å². The van der Waals surface area contributed by atoms with Gasteiger partial charge in [-0.3, -0.25) is 9.69 Å². The minimum atomic E-state index is -0.585. The maximum absolute atomic E-state index is 13.2. The van der Waals surface area contributed by atoms with Crippen LogP contribution in [-0.2, 0) is 11.2 Å². The van der Waals surface area contributed by atoms with Crippen LogP contribution >= 0.6 is 0 Å². The summed E-state index contributed by atoms with van der Waals surface area (Å²) in [4.78, 5) is 14.9. The third-order valence-corrected chi connectivity index (χ3v) is 6.31. The van der Waals surface area contributed by atoms with Crippen LogP contribution in [0.15, 0.2) is 115 Å². The van der Waals surface area contributed by atoms with Crippen molar-refractivity contribution in [2.75, 3.05) is 11.5 Å². The Hall–Kier alpha value is -4.51. The molecule has 1 aliphatic rings. The van der Waals surface area contributed by atoms with E-state index in [2.05, 4.69) is 0 Å². The van der Waals surface area contributed by atoms with Gasteiger partial charge in [-0.05, 0) is 72.5 Å². The van der Waals surface area contributed by atoms with Gasteiger partial charge >= 0.3 is 0 Å². The average Bonchev–Trinajstić information content (AvgIpc) is 2.94. The molecule has 1 heterocycles. The first-order valence-corrected chi connectivity index (χ1v) is 12.5. The van der Waals surface area contributed by atoms with Crippen LogP contribution in [0.2, 0.25) is 0 Å². The molecule has 37 heavy (non-hydrogen) atoms. The monoisotopic (exact) mass is 491 g/mol. The van der Waals surface area contributed by atoms with Crippen molar-refractivity contribution >= 4 is 17.7 Å². The molecular weight excluding hydrogens is 462 g/mol. The van der Waals surface area contributed by atoms with Crippen LogP contribution in [0.1, 0.15) is 17.5 Å². The summed E-state index contributed by atoms with van der Waals surface area (Å²) in [5.41, 5.74) is 3.03. The number of aryl methyl sites for hydroxylation is 1. The fourth-order valence-electron chi connectivity index (χ4n) is 4.34. The Labute approximate surface area is 217 Å². The summed E-state index contributed by atoms with van der Waals surface area (Å²) in [6.45, 7) is 0.582. The Morgan fingerprint density at radius 2 is 1.46 bits per heavy atom. The smallest absolute Gasteiger partial charge is 0.271 e. The van der Waals surface area contributed by atoms with Crippen LogP contribution < -0.4 is 14.4 Å². The van der Waals surface area contributed by atoms with Crippen molar-refractivity contribution in [3.05, 3.63) is 126 Å². The lowest BCUT2D eigenvalue weighted by Gasteiger charge is -2.45. The van der Waals surface area contributed by atoms with E-state index in [4.69, 9.17) is 9.47 Å². The predicted octanol–water partition coefficient (Wildman–Crippen LogP) is 6.28. The van der Waals surface area contributed by atoms with Gasteiger partial charge in [0.05, 0.1) is 6.61 Å². The summed E-state index contributed by atoms with van der Waals surface area (Å²) in [5, 5.41) is 9.40. The van der Waals surface area contributed by atoms with Gasteiger partial charge in [-0.25, -0.2) is 0 Å². The quantitative estimate of drug-likeness (QED) is 0.210. The number of rotatable bonds is 10. The Morgan fingerprint density at radius 1 is 0.784 bits per heavy atom. The molecule has 1 N–H and O–H groups in total. The van der Waals surface area contributed by atoms with E-state index in [1.54, 1.807) is 17.0 Å². The lowest BCUT2D eigenvalue weighted by atomic mass is 9.95. The normalized spacial score (nSPS) is 17.0. The molecular formula is C32H29NO4. The number of aromatic hydroxyl groups is 1. The fourth-order valence-corrected chi connectivity index (χ4v) is 4.34. The van der Waals surface area contributed by atoms with E-state index in [-0.39, 0.29) is 17.7 Å². The highest BCUT2D eigenvalue weighted by atomic mass is 16.5. The predicted molar refractivity (Wildman–Crippen MR) is 146 cm³/mol. The Morgan fingerprint density at radius 3 is 2.16 bits per heavy atom. The molecule has 0 saturated carbocycles. The van der Waals surface area contributed by atoms with E-state index in [0.717, 1.165) is 35.4 Å². The number of ether oxygens (including phenoxy) is 2. The molecule has 1 amide bonds. The first-order valence-electron chi connectivity index (χ1n) is 12.5. The van der Waals surface area contributed by atoms with Crippen molar-refractivity contribution < 1.29 is 19.4 Å². The molecule has 4 aromatic carbocycles. The lowest BCUT2D eigenvalue weighted by molar-refractivity contribution is -0.133. The number of benzene rings is 4. The second-order valence-electron chi connectivity index (χ2n) is 8.93. The Bertz CT molecular complexity index is 1320. The zero-order valence-electron chi connectivity index (χ0n) is 20.4. The van der Waals surface area contributed by atoms with Crippen molar-refractivity contribution in [3.8, 4) is 17.2 Å². The highest BCUT2D eigenvalue weighted by Crippen LogP contribution is 2.33. The number of nitrogens with zero attached hydrogens (tertiary/aromatic N) is 1. The number of carbonyl (C=O) groups is 1. The number of hydrogen-bond donors (Lipinski definition) is 1. The molecule has 0 spiro atoms. The molecule has 5 heteroatoms. The second kappa shape index (κ2) is 11.5. The second-order valence-corrected chi connectivity index (χ2v) is 8.93. The van der Waals surface area contributed by atoms with Crippen LogP contribution in [0.4, 0.5) is 5.69 Å². The highest BCUT2D eigenvalue weighted by molar-refractivity contribution is 6.06. The van der Waals surface area contributed by atoms with Crippen molar-refractivity contribution in [1.29, 1.82) is 0 Å². The number of phenols is 1. The molecule has 0 aromatic heterocycles. The van der Waals surface area contributed by atoms with Gasteiger partial charge in [0.25, 0.3) is 5.91 Å². The van der Waals surface area contributed by atoms with Crippen molar-refractivity contribution in [3.63, 3.8) is 0 Å². The zero-order valence-corrected chi connectivity index (χ0v) is 20.4. The van der Waals surface area contributed by atoms with Gasteiger partial charge in [0.2, 0.25) is 6.10 Å². The van der Waals surface area contributed by atoms with Gasteiger partial charge in [-0.2, -0.15) is 0 Å². The SMILES string of the molecule is O=C1[C@@H](Oc2ccccc2)[C@H](/C=C/c2ccccc2)N1c1ccc(OCCCc2ccc(O)cc2)cc1. The molecule has 5 nitrogen and oxygen atoms in total. The zero-order chi connectivity index (χ0) is 25.5. The molecule has 1 saturated heterocycles. The lowest BCUT2D eigenvalue weighted by Crippen LogP contribution is -2.66. The number of carbonyl (C=O) groups excluding carboxylic acids is 1. The molecule has 4 aromatic rings. The van der Waals surface area contributed by atoms with E-state index in [1.807, 2.05) is 109 Å². The number of amides is 1. The largest absolute Gasteiger partial charge is 0.508 e. The van der Waals surface area contributed by atoms with Crippen molar-refractivity contribution in [1.82, 2.24) is 0 Å².